The van der Waals surface area contributed by atoms with E-state index < -0.39 is 17.6 Å². The molecule has 3 aromatic carbocycles. The molecular formula is C31H26F3N3O4. The number of pyridine rings is 1. The predicted molar refractivity (Wildman–Crippen MR) is 146 cm³/mol. The summed E-state index contributed by atoms with van der Waals surface area (Å²) in [6.07, 6.45) is 0.0328. The first-order valence-corrected chi connectivity index (χ1v) is 12.8. The third-order valence-electron chi connectivity index (χ3n) is 6.66. The molecule has 0 radical (unpaired) electrons. The van der Waals surface area contributed by atoms with Gasteiger partial charge in [0.25, 0.3) is 0 Å². The number of aryl methyl sites for hydroxylation is 1. The van der Waals surface area contributed by atoms with Gasteiger partial charge in [-0.05, 0) is 48.4 Å². The summed E-state index contributed by atoms with van der Waals surface area (Å²) < 4.78 is 56.7. The van der Waals surface area contributed by atoms with Crippen LogP contribution in [0, 0.1) is 24.4 Å². The Morgan fingerprint density at radius 3 is 2.44 bits per heavy atom. The van der Waals surface area contributed by atoms with E-state index in [-0.39, 0.29) is 54.5 Å². The molecule has 0 aliphatic carbocycles. The van der Waals surface area contributed by atoms with Crippen molar-refractivity contribution in [3.05, 3.63) is 112 Å². The van der Waals surface area contributed by atoms with Crippen LogP contribution < -0.4 is 4.74 Å². The van der Waals surface area contributed by atoms with Gasteiger partial charge in [-0.25, -0.2) is 27.9 Å². The Morgan fingerprint density at radius 2 is 1.71 bits per heavy atom. The van der Waals surface area contributed by atoms with Gasteiger partial charge >= 0.3 is 5.97 Å². The number of hydrogen-bond acceptors (Lipinski definition) is 5. The van der Waals surface area contributed by atoms with Crippen LogP contribution in [0.2, 0.25) is 0 Å². The molecular weight excluding hydrogens is 535 g/mol. The molecule has 41 heavy (non-hydrogen) atoms. The average molecular weight is 562 g/mol. The van der Waals surface area contributed by atoms with Gasteiger partial charge in [-0.15, -0.1) is 0 Å². The fourth-order valence-corrected chi connectivity index (χ4v) is 4.52. The van der Waals surface area contributed by atoms with Crippen molar-refractivity contribution in [2.24, 2.45) is 0 Å². The van der Waals surface area contributed by atoms with Crippen LogP contribution in [0.4, 0.5) is 13.2 Å². The first-order chi connectivity index (χ1) is 19.7. The largest absolute Gasteiger partial charge is 0.478 e. The maximum Gasteiger partial charge on any atom is 0.335 e. The number of rotatable bonds is 10. The maximum atomic E-state index is 15.3. The summed E-state index contributed by atoms with van der Waals surface area (Å²) >= 11 is 0. The summed E-state index contributed by atoms with van der Waals surface area (Å²) in [7, 11) is 1.51. The minimum Gasteiger partial charge on any atom is -0.478 e. The number of aromatic carboxylic acids is 1. The van der Waals surface area contributed by atoms with Crippen molar-refractivity contribution in [3.63, 3.8) is 0 Å². The molecule has 2 aromatic heterocycles. The van der Waals surface area contributed by atoms with Gasteiger partial charge in [-0.1, -0.05) is 30.3 Å². The summed E-state index contributed by atoms with van der Waals surface area (Å²) in [5, 5.41) is 9.35. The number of benzene rings is 3. The number of halogens is 3. The van der Waals surface area contributed by atoms with Crippen LogP contribution in [0.1, 0.15) is 32.9 Å². The first kappa shape index (κ1) is 27.9. The maximum absolute atomic E-state index is 15.3. The van der Waals surface area contributed by atoms with E-state index in [1.807, 2.05) is 0 Å². The number of methoxy groups -OCH3 is 1. The lowest BCUT2D eigenvalue weighted by atomic mass is 10.1. The molecule has 0 amide bonds. The summed E-state index contributed by atoms with van der Waals surface area (Å²) in [6, 6.07) is 16.9. The highest BCUT2D eigenvalue weighted by Gasteiger charge is 2.19. The average Bonchev–Trinajstić information content (AvgIpc) is 3.30. The molecule has 0 atom stereocenters. The van der Waals surface area contributed by atoms with Crippen molar-refractivity contribution in [2.45, 2.75) is 26.5 Å². The molecule has 0 unspecified atom stereocenters. The van der Waals surface area contributed by atoms with Gasteiger partial charge < -0.3 is 19.1 Å². The van der Waals surface area contributed by atoms with Crippen LogP contribution in [0.3, 0.4) is 0 Å². The standard InChI is InChI=1S/C31H26F3N3O4/c1-18-6-7-21(23(32)12-18)17-41-29-5-3-4-26(35-29)20-9-8-19(24(33)13-20)16-28-36-30-25(34)14-22(31(38)39)15-27(30)37(28)10-11-40-2/h3-9,12-15H,10-11,16-17H2,1-2H3,(H,38,39). The Balaban J connectivity index is 1.39. The molecule has 5 rings (SSSR count). The van der Waals surface area contributed by atoms with Crippen molar-refractivity contribution in [3.8, 4) is 17.1 Å². The monoisotopic (exact) mass is 561 g/mol. The Labute approximate surface area is 233 Å². The highest BCUT2D eigenvalue weighted by Crippen LogP contribution is 2.27. The van der Waals surface area contributed by atoms with E-state index >= 15 is 4.39 Å². The van der Waals surface area contributed by atoms with Crippen molar-refractivity contribution in [1.82, 2.24) is 14.5 Å². The Morgan fingerprint density at radius 1 is 0.927 bits per heavy atom. The van der Waals surface area contributed by atoms with Crippen LogP contribution in [0.5, 0.6) is 5.88 Å². The normalized spacial score (nSPS) is 11.2. The van der Waals surface area contributed by atoms with Gasteiger partial charge in [-0.3, -0.25) is 0 Å². The molecule has 0 aliphatic heterocycles. The molecule has 0 fully saturated rings. The van der Waals surface area contributed by atoms with E-state index in [9.17, 15) is 18.7 Å². The highest BCUT2D eigenvalue weighted by atomic mass is 19.1. The number of ether oxygens (including phenoxy) is 2. The minimum absolute atomic E-state index is 0.00432. The van der Waals surface area contributed by atoms with Crippen LogP contribution in [0.15, 0.2) is 66.7 Å². The third kappa shape index (κ3) is 6.07. The molecule has 0 spiro atoms. The second-order valence-corrected chi connectivity index (χ2v) is 9.53. The molecule has 0 bridgehead atoms. The van der Waals surface area contributed by atoms with E-state index in [2.05, 4.69) is 9.97 Å². The molecule has 5 aromatic rings. The van der Waals surface area contributed by atoms with Gasteiger partial charge in [0.2, 0.25) is 5.88 Å². The van der Waals surface area contributed by atoms with Gasteiger partial charge in [0, 0.05) is 37.3 Å². The molecule has 1 N–H and O–H groups in total. The number of carboxylic acid groups (broad SMARTS) is 1. The molecule has 2 heterocycles. The lowest BCUT2D eigenvalue weighted by Gasteiger charge is -2.11. The molecule has 10 heteroatoms. The first-order valence-electron chi connectivity index (χ1n) is 12.8. The minimum atomic E-state index is -1.26. The van der Waals surface area contributed by atoms with Crippen LogP contribution in [-0.4, -0.2) is 39.3 Å². The van der Waals surface area contributed by atoms with Crippen LogP contribution in [0.25, 0.3) is 22.3 Å². The van der Waals surface area contributed by atoms with Crippen molar-refractivity contribution in [1.29, 1.82) is 0 Å². The summed E-state index contributed by atoms with van der Waals surface area (Å²) in [4.78, 5) is 20.3. The summed E-state index contributed by atoms with van der Waals surface area (Å²) in [5.41, 5.74) is 2.57. The number of aromatic nitrogens is 3. The Bertz CT molecular complexity index is 1750. The molecule has 7 nitrogen and oxygen atoms in total. The zero-order valence-electron chi connectivity index (χ0n) is 22.3. The van der Waals surface area contributed by atoms with Crippen molar-refractivity contribution >= 4 is 17.0 Å². The molecule has 0 aliphatic rings. The zero-order chi connectivity index (χ0) is 29.1. The third-order valence-corrected chi connectivity index (χ3v) is 6.66. The lowest BCUT2D eigenvalue weighted by molar-refractivity contribution is 0.0696. The van der Waals surface area contributed by atoms with E-state index in [0.29, 0.717) is 28.2 Å². The Kier molecular flexibility index (Phi) is 8.02. The number of carboxylic acids is 1. The number of carbonyl (C=O) groups is 1. The zero-order valence-corrected chi connectivity index (χ0v) is 22.3. The van der Waals surface area contributed by atoms with E-state index in [4.69, 9.17) is 9.47 Å². The highest BCUT2D eigenvalue weighted by molar-refractivity contribution is 5.92. The summed E-state index contributed by atoms with van der Waals surface area (Å²) in [6.45, 7) is 2.33. The van der Waals surface area contributed by atoms with Crippen molar-refractivity contribution < 1.29 is 32.5 Å². The lowest BCUT2D eigenvalue weighted by Crippen LogP contribution is -2.10. The molecule has 0 saturated heterocycles. The van der Waals surface area contributed by atoms with E-state index in [1.54, 1.807) is 54.0 Å². The van der Waals surface area contributed by atoms with Gasteiger partial charge in [0.1, 0.15) is 29.6 Å². The molecule has 0 saturated carbocycles. The SMILES string of the molecule is COCCn1c(Cc2ccc(-c3cccc(OCc4ccc(C)cc4F)n3)cc2F)nc2c(F)cc(C(=O)O)cc21. The predicted octanol–water partition coefficient (Wildman–Crippen LogP) is 6.34. The summed E-state index contributed by atoms with van der Waals surface area (Å²) in [5.74, 6) is -2.29. The fraction of sp³-hybridized carbons (Fsp3) is 0.194. The number of nitrogens with zero attached hydrogens (tertiary/aromatic N) is 3. The van der Waals surface area contributed by atoms with E-state index in [1.165, 1.54) is 25.3 Å². The second kappa shape index (κ2) is 11.8. The fourth-order valence-electron chi connectivity index (χ4n) is 4.52. The second-order valence-electron chi connectivity index (χ2n) is 9.53. The van der Waals surface area contributed by atoms with Gasteiger partial charge in [0.15, 0.2) is 5.82 Å². The van der Waals surface area contributed by atoms with Crippen molar-refractivity contribution in [2.75, 3.05) is 13.7 Å². The van der Waals surface area contributed by atoms with Gasteiger partial charge in [0.05, 0.1) is 23.4 Å². The van der Waals surface area contributed by atoms with E-state index in [0.717, 1.165) is 11.6 Å². The quantitative estimate of drug-likeness (QED) is 0.214. The molecule has 210 valence electrons. The van der Waals surface area contributed by atoms with Crippen LogP contribution in [-0.2, 0) is 24.3 Å². The number of hydrogen-bond donors (Lipinski definition) is 1. The topological polar surface area (TPSA) is 86.5 Å². The number of imidazole rings is 1. The van der Waals surface area contributed by atoms with Gasteiger partial charge in [-0.2, -0.15) is 0 Å². The van der Waals surface area contributed by atoms with Crippen LogP contribution >= 0.6 is 0 Å². The smallest absolute Gasteiger partial charge is 0.335 e. The Hall–Kier alpha value is -4.70. The number of fused-ring (bicyclic) bond motifs is 1.